The van der Waals surface area contributed by atoms with Crippen molar-refractivity contribution < 1.29 is 24.5 Å². The Labute approximate surface area is 200 Å². The van der Waals surface area contributed by atoms with Crippen molar-refractivity contribution in [3.05, 3.63) is 29.3 Å². The lowest BCUT2D eigenvalue weighted by Gasteiger charge is -2.23. The molecule has 1 aromatic carbocycles. The van der Waals surface area contributed by atoms with Gasteiger partial charge in [-0.3, -0.25) is 9.59 Å². The van der Waals surface area contributed by atoms with Gasteiger partial charge in [-0.1, -0.05) is 72.8 Å². The van der Waals surface area contributed by atoms with E-state index in [0.29, 0.717) is 48.2 Å². The van der Waals surface area contributed by atoms with Gasteiger partial charge in [0.25, 0.3) is 0 Å². The summed E-state index contributed by atoms with van der Waals surface area (Å²) in [5.74, 6) is -1.86. The van der Waals surface area contributed by atoms with Crippen molar-refractivity contribution in [2.24, 2.45) is 11.8 Å². The minimum absolute atomic E-state index is 0.374. The number of carbonyl (C=O) groups is 2. The Hall–Kier alpha value is -2.04. The van der Waals surface area contributed by atoms with Crippen molar-refractivity contribution in [1.82, 2.24) is 0 Å². The van der Waals surface area contributed by atoms with Crippen LogP contribution in [0, 0.1) is 11.8 Å². The molecule has 0 amide bonds. The second kappa shape index (κ2) is 15.7. The molecule has 1 aromatic rings. The Morgan fingerprint density at radius 1 is 0.758 bits per heavy atom. The SMILES string of the molecule is CCCCCCCCOc1ccc(C(CCC(C)C)C(=O)O)c(C(CCC(C)C)C(=O)O)c1. The number of hydrogen-bond donors (Lipinski definition) is 2. The number of hydrogen-bond acceptors (Lipinski definition) is 3. The maximum absolute atomic E-state index is 12.2. The van der Waals surface area contributed by atoms with Gasteiger partial charge < -0.3 is 14.9 Å². The molecule has 0 spiro atoms. The van der Waals surface area contributed by atoms with Gasteiger partial charge in [-0.15, -0.1) is 0 Å². The molecular weight excluding hydrogens is 416 g/mol. The van der Waals surface area contributed by atoms with Crippen LogP contribution in [0.4, 0.5) is 0 Å². The zero-order valence-corrected chi connectivity index (χ0v) is 21.4. The van der Waals surface area contributed by atoms with Gasteiger partial charge in [-0.2, -0.15) is 0 Å². The predicted molar refractivity (Wildman–Crippen MR) is 134 cm³/mol. The molecule has 0 heterocycles. The van der Waals surface area contributed by atoms with Crippen molar-refractivity contribution in [2.45, 2.75) is 111 Å². The van der Waals surface area contributed by atoms with E-state index in [1.54, 1.807) is 12.1 Å². The highest BCUT2D eigenvalue weighted by Crippen LogP contribution is 2.36. The minimum Gasteiger partial charge on any atom is -0.494 e. The molecule has 188 valence electrons. The third-order valence-electron chi connectivity index (χ3n) is 6.24. The molecule has 0 fully saturated rings. The molecule has 0 saturated heterocycles. The molecule has 2 N–H and O–H groups in total. The van der Waals surface area contributed by atoms with Crippen molar-refractivity contribution in [3.63, 3.8) is 0 Å². The lowest BCUT2D eigenvalue weighted by molar-refractivity contribution is -0.140. The molecule has 33 heavy (non-hydrogen) atoms. The first-order valence-electron chi connectivity index (χ1n) is 12.9. The van der Waals surface area contributed by atoms with Crippen LogP contribution in [0.25, 0.3) is 0 Å². The predicted octanol–water partition coefficient (Wildman–Crippen LogP) is 7.63. The zero-order valence-electron chi connectivity index (χ0n) is 21.4. The van der Waals surface area contributed by atoms with E-state index in [1.165, 1.54) is 25.7 Å². The standard InChI is InChI=1S/C28H46O5/c1-6-7-8-9-10-11-18-33-22-14-17-23(24(27(29)30)15-12-20(2)3)26(19-22)25(28(31)32)16-13-21(4)5/h14,17,19-21,24-25H,6-13,15-16,18H2,1-5H3,(H,29,30)(H,31,32). The molecule has 0 aliphatic rings. The van der Waals surface area contributed by atoms with Gasteiger partial charge in [0.1, 0.15) is 5.75 Å². The molecule has 0 aliphatic carbocycles. The van der Waals surface area contributed by atoms with Crippen LogP contribution in [-0.2, 0) is 9.59 Å². The number of rotatable bonds is 18. The van der Waals surface area contributed by atoms with Crippen molar-refractivity contribution in [1.29, 1.82) is 0 Å². The number of benzene rings is 1. The number of carboxylic acids is 2. The number of aliphatic carboxylic acids is 2. The summed E-state index contributed by atoms with van der Waals surface area (Å²) in [7, 11) is 0. The van der Waals surface area contributed by atoms with Crippen LogP contribution in [-0.4, -0.2) is 28.8 Å². The van der Waals surface area contributed by atoms with E-state index >= 15 is 0 Å². The van der Waals surface area contributed by atoms with Gasteiger partial charge >= 0.3 is 11.9 Å². The first-order valence-corrected chi connectivity index (χ1v) is 12.9. The summed E-state index contributed by atoms with van der Waals surface area (Å²) in [6, 6.07) is 5.38. The first kappa shape index (κ1) is 29.0. The number of unbranched alkanes of at least 4 members (excludes halogenated alkanes) is 5. The van der Waals surface area contributed by atoms with E-state index < -0.39 is 23.8 Å². The van der Waals surface area contributed by atoms with E-state index in [2.05, 4.69) is 34.6 Å². The fraction of sp³-hybridized carbons (Fsp3) is 0.714. The average molecular weight is 463 g/mol. The van der Waals surface area contributed by atoms with E-state index in [9.17, 15) is 19.8 Å². The molecule has 0 aliphatic heterocycles. The molecule has 0 saturated carbocycles. The Balaban J connectivity index is 3.13. The fourth-order valence-electron chi connectivity index (χ4n) is 4.16. The van der Waals surface area contributed by atoms with Gasteiger partial charge in [0, 0.05) is 0 Å². The molecule has 0 radical (unpaired) electrons. The summed E-state index contributed by atoms with van der Waals surface area (Å²) in [6.45, 7) is 11.1. The van der Waals surface area contributed by atoms with E-state index in [-0.39, 0.29) is 0 Å². The Bertz CT molecular complexity index is 710. The highest BCUT2D eigenvalue weighted by molar-refractivity contribution is 5.81. The van der Waals surface area contributed by atoms with Crippen LogP contribution in [0.15, 0.2) is 18.2 Å². The van der Waals surface area contributed by atoms with Gasteiger partial charge in [-0.25, -0.2) is 0 Å². The maximum atomic E-state index is 12.2. The Kier molecular flexibility index (Phi) is 13.8. The van der Waals surface area contributed by atoms with Crippen LogP contribution in [0.5, 0.6) is 5.75 Å². The minimum atomic E-state index is -0.905. The zero-order chi connectivity index (χ0) is 24.8. The van der Waals surface area contributed by atoms with Crippen LogP contribution < -0.4 is 4.74 Å². The Morgan fingerprint density at radius 3 is 1.79 bits per heavy atom. The van der Waals surface area contributed by atoms with E-state index in [0.717, 1.165) is 25.7 Å². The van der Waals surface area contributed by atoms with Crippen LogP contribution in [0.2, 0.25) is 0 Å². The molecule has 1 rings (SSSR count). The summed E-state index contributed by atoms with van der Waals surface area (Å²) in [5, 5.41) is 20.0. The molecule has 2 atom stereocenters. The largest absolute Gasteiger partial charge is 0.494 e. The van der Waals surface area contributed by atoms with Gasteiger partial charge in [0.05, 0.1) is 18.4 Å². The van der Waals surface area contributed by atoms with E-state index in [4.69, 9.17) is 4.74 Å². The summed E-state index contributed by atoms with van der Waals surface area (Å²) in [5.41, 5.74) is 1.21. The second-order valence-electron chi connectivity index (χ2n) is 10.1. The molecule has 5 heteroatoms. The second-order valence-corrected chi connectivity index (χ2v) is 10.1. The van der Waals surface area contributed by atoms with Crippen molar-refractivity contribution in [2.75, 3.05) is 6.61 Å². The lowest BCUT2D eigenvalue weighted by Crippen LogP contribution is -2.20. The highest BCUT2D eigenvalue weighted by Gasteiger charge is 2.29. The third kappa shape index (κ3) is 11.1. The smallest absolute Gasteiger partial charge is 0.310 e. The van der Waals surface area contributed by atoms with E-state index in [1.807, 2.05) is 6.07 Å². The van der Waals surface area contributed by atoms with Crippen molar-refractivity contribution >= 4 is 11.9 Å². The summed E-state index contributed by atoms with van der Waals surface area (Å²) in [4.78, 5) is 24.4. The lowest BCUT2D eigenvalue weighted by atomic mass is 9.81. The van der Waals surface area contributed by atoms with Gasteiger partial charge in [0.15, 0.2) is 0 Å². The molecule has 0 aromatic heterocycles. The highest BCUT2D eigenvalue weighted by atomic mass is 16.5. The summed E-state index contributed by atoms with van der Waals surface area (Å²) in [6.07, 6.45) is 9.54. The summed E-state index contributed by atoms with van der Waals surface area (Å²) < 4.78 is 5.96. The van der Waals surface area contributed by atoms with Crippen molar-refractivity contribution in [3.8, 4) is 5.75 Å². The third-order valence-corrected chi connectivity index (χ3v) is 6.24. The van der Waals surface area contributed by atoms with Gasteiger partial charge in [-0.05, 0) is 67.2 Å². The monoisotopic (exact) mass is 462 g/mol. The number of ether oxygens (including phenoxy) is 1. The fourth-order valence-corrected chi connectivity index (χ4v) is 4.16. The van der Waals surface area contributed by atoms with Crippen LogP contribution in [0.3, 0.4) is 0 Å². The van der Waals surface area contributed by atoms with Gasteiger partial charge in [0.2, 0.25) is 0 Å². The Morgan fingerprint density at radius 2 is 1.27 bits per heavy atom. The topological polar surface area (TPSA) is 83.8 Å². The first-order chi connectivity index (χ1) is 15.7. The number of carboxylic acid groups (broad SMARTS) is 2. The maximum Gasteiger partial charge on any atom is 0.310 e. The molecule has 2 unspecified atom stereocenters. The molecule has 0 bridgehead atoms. The molecule has 5 nitrogen and oxygen atoms in total. The normalized spacial score (nSPS) is 13.3. The average Bonchev–Trinajstić information content (AvgIpc) is 2.73. The molecular formula is C28H46O5. The van der Waals surface area contributed by atoms with Crippen LogP contribution in [0.1, 0.15) is 122 Å². The van der Waals surface area contributed by atoms with Crippen LogP contribution >= 0.6 is 0 Å². The quantitative estimate of drug-likeness (QED) is 0.219. The summed E-state index contributed by atoms with van der Waals surface area (Å²) >= 11 is 0.